The van der Waals surface area contributed by atoms with Crippen LogP contribution < -0.4 is 4.72 Å². The van der Waals surface area contributed by atoms with Crippen LogP contribution in [0.5, 0.6) is 0 Å². The third-order valence-corrected chi connectivity index (χ3v) is 7.31. The Morgan fingerprint density at radius 2 is 2.11 bits per heavy atom. The summed E-state index contributed by atoms with van der Waals surface area (Å²) in [7, 11) is -2.64. The lowest BCUT2D eigenvalue weighted by atomic mass is 9.82. The zero-order chi connectivity index (χ0) is 20.4. The van der Waals surface area contributed by atoms with Crippen molar-refractivity contribution in [3.8, 4) is 0 Å². The van der Waals surface area contributed by atoms with E-state index in [0.29, 0.717) is 6.54 Å². The quantitative estimate of drug-likeness (QED) is 0.638. The van der Waals surface area contributed by atoms with Crippen molar-refractivity contribution in [1.29, 1.82) is 0 Å². The molecule has 0 spiro atoms. The third kappa shape index (κ3) is 4.97. The largest absolute Gasteiger partial charge is 0.293 e. The molecule has 2 aromatic rings. The highest BCUT2D eigenvalue weighted by Crippen LogP contribution is 2.41. The van der Waals surface area contributed by atoms with E-state index in [0.717, 1.165) is 48.5 Å². The molecule has 1 aliphatic rings. The van der Waals surface area contributed by atoms with E-state index in [1.165, 1.54) is 17.4 Å². The maximum atomic E-state index is 13.3. The Hall–Kier alpha value is -1.35. The van der Waals surface area contributed by atoms with Crippen LogP contribution in [0.25, 0.3) is 0 Å². The Balaban J connectivity index is 1.76. The lowest BCUT2D eigenvalue weighted by molar-refractivity contribution is 0.128. The molecule has 154 valence electrons. The van der Waals surface area contributed by atoms with Crippen LogP contribution in [0.3, 0.4) is 0 Å². The van der Waals surface area contributed by atoms with Crippen molar-refractivity contribution in [3.05, 3.63) is 51.7 Å². The molecule has 5 nitrogen and oxygen atoms in total. The fraction of sp³-hybridized carbons (Fsp3) is 0.550. The van der Waals surface area contributed by atoms with Gasteiger partial charge in [0, 0.05) is 35.4 Å². The number of aryl methyl sites for hydroxylation is 2. The minimum absolute atomic E-state index is 0.161. The van der Waals surface area contributed by atoms with Gasteiger partial charge >= 0.3 is 0 Å². The first-order chi connectivity index (χ1) is 13.2. The first kappa shape index (κ1) is 21.4. The van der Waals surface area contributed by atoms with Gasteiger partial charge in [0.25, 0.3) is 0 Å². The normalized spacial score (nSPS) is 20.9. The van der Waals surface area contributed by atoms with E-state index in [-0.39, 0.29) is 16.1 Å². The van der Waals surface area contributed by atoms with Gasteiger partial charge in [0.1, 0.15) is 0 Å². The number of nitrogens with zero attached hydrogens (tertiary/aromatic N) is 2. The SMILES string of the molecule is Cc1ccc(C(C)(C)N2CCC(CCc3ccc(F)s3)(CN[SH](=O)=O)C2)cn1. The summed E-state index contributed by atoms with van der Waals surface area (Å²) >= 11 is 1.17. The molecule has 2 aromatic heterocycles. The van der Waals surface area contributed by atoms with Crippen molar-refractivity contribution >= 4 is 22.2 Å². The predicted octanol–water partition coefficient (Wildman–Crippen LogP) is 3.27. The van der Waals surface area contributed by atoms with E-state index in [4.69, 9.17) is 0 Å². The van der Waals surface area contributed by atoms with Gasteiger partial charge in [-0.15, -0.1) is 11.3 Å². The second kappa shape index (κ2) is 8.57. The summed E-state index contributed by atoms with van der Waals surface area (Å²) in [6, 6.07) is 7.46. The average molecular weight is 426 g/mol. The summed E-state index contributed by atoms with van der Waals surface area (Å²) < 4.78 is 38.3. The van der Waals surface area contributed by atoms with Gasteiger partial charge in [-0.05, 0) is 75.8 Å². The molecule has 8 heteroatoms. The number of thiol groups is 1. The number of nitrogens with one attached hydrogen (secondary N) is 1. The van der Waals surface area contributed by atoms with Crippen LogP contribution in [-0.4, -0.2) is 37.9 Å². The summed E-state index contributed by atoms with van der Waals surface area (Å²) in [5, 5.41) is -0.175. The Morgan fingerprint density at radius 1 is 1.32 bits per heavy atom. The Bertz CT molecular complexity index is 872. The molecular weight excluding hydrogens is 397 g/mol. The molecule has 1 unspecified atom stereocenters. The molecule has 1 N–H and O–H groups in total. The van der Waals surface area contributed by atoms with Crippen molar-refractivity contribution in [3.63, 3.8) is 0 Å². The smallest absolute Gasteiger partial charge is 0.201 e. The molecule has 0 saturated carbocycles. The number of likely N-dealkylation sites (tertiary alicyclic amines) is 1. The highest BCUT2D eigenvalue weighted by Gasteiger charge is 2.43. The highest BCUT2D eigenvalue weighted by atomic mass is 32.2. The maximum absolute atomic E-state index is 13.3. The summed E-state index contributed by atoms with van der Waals surface area (Å²) in [5.41, 5.74) is 1.78. The van der Waals surface area contributed by atoms with Crippen LogP contribution in [-0.2, 0) is 22.8 Å². The second-order valence-electron chi connectivity index (χ2n) is 8.22. The first-order valence-corrected chi connectivity index (χ1v) is 11.5. The van der Waals surface area contributed by atoms with Crippen LogP contribution in [0.1, 0.15) is 42.8 Å². The zero-order valence-electron chi connectivity index (χ0n) is 16.6. The Kier molecular flexibility index (Phi) is 6.54. The summed E-state index contributed by atoms with van der Waals surface area (Å²) in [6.45, 7) is 8.44. The van der Waals surface area contributed by atoms with Crippen LogP contribution in [0, 0.1) is 17.5 Å². The lowest BCUT2D eigenvalue weighted by Gasteiger charge is -2.38. The van der Waals surface area contributed by atoms with Crippen molar-refractivity contribution in [2.45, 2.75) is 45.6 Å². The van der Waals surface area contributed by atoms with Crippen molar-refractivity contribution in [2.75, 3.05) is 19.6 Å². The first-order valence-electron chi connectivity index (χ1n) is 9.51. The van der Waals surface area contributed by atoms with Crippen LogP contribution in [0.15, 0.2) is 30.5 Å². The van der Waals surface area contributed by atoms with Gasteiger partial charge in [-0.2, -0.15) is 4.39 Å². The number of aromatic nitrogens is 1. The minimum atomic E-state index is -2.64. The Morgan fingerprint density at radius 3 is 2.71 bits per heavy atom. The van der Waals surface area contributed by atoms with Crippen LogP contribution in [0.2, 0.25) is 0 Å². The van der Waals surface area contributed by atoms with Crippen molar-refractivity contribution in [2.24, 2.45) is 5.41 Å². The van der Waals surface area contributed by atoms with Gasteiger partial charge in [0.2, 0.25) is 10.9 Å². The number of pyridine rings is 1. The average Bonchev–Trinajstić information content (AvgIpc) is 3.26. The monoisotopic (exact) mass is 425 g/mol. The van der Waals surface area contributed by atoms with Gasteiger partial charge in [-0.1, -0.05) is 6.07 Å². The van der Waals surface area contributed by atoms with E-state index in [1.54, 1.807) is 0 Å². The van der Waals surface area contributed by atoms with Crippen LogP contribution >= 0.6 is 11.3 Å². The summed E-state index contributed by atoms with van der Waals surface area (Å²) in [4.78, 5) is 7.85. The number of halogens is 1. The molecule has 1 fully saturated rings. The second-order valence-corrected chi connectivity index (χ2v) is 10.2. The molecule has 0 aliphatic carbocycles. The van der Waals surface area contributed by atoms with E-state index in [2.05, 4.69) is 34.5 Å². The van der Waals surface area contributed by atoms with Crippen molar-refractivity contribution in [1.82, 2.24) is 14.6 Å². The topological polar surface area (TPSA) is 62.3 Å². The van der Waals surface area contributed by atoms with Crippen molar-refractivity contribution < 1.29 is 12.8 Å². The molecule has 1 saturated heterocycles. The molecular formula is C20H28FN3O2S2. The van der Waals surface area contributed by atoms with Crippen LogP contribution in [0.4, 0.5) is 4.39 Å². The van der Waals surface area contributed by atoms with E-state index in [9.17, 15) is 12.8 Å². The summed E-state index contributed by atoms with van der Waals surface area (Å²) in [5.74, 6) is 0. The molecule has 0 aromatic carbocycles. The van der Waals surface area contributed by atoms with E-state index in [1.807, 2.05) is 25.3 Å². The lowest BCUT2D eigenvalue weighted by Crippen LogP contribution is -2.43. The van der Waals surface area contributed by atoms with Gasteiger partial charge in [-0.25, -0.2) is 13.1 Å². The molecule has 0 bridgehead atoms. The standard InChI is InChI=1S/C20H28FN3O2S2/c1-15-4-5-16(12-22-15)19(2,3)24-11-10-20(14-24,13-23-28(25)26)9-8-17-6-7-18(21)27-17/h4-7,12,28H,8-11,13-14H2,1-3H3,(H,23,25,26). The molecule has 0 amide bonds. The molecule has 1 atom stereocenters. The minimum Gasteiger partial charge on any atom is -0.293 e. The molecule has 1 aliphatic heterocycles. The number of hydrogen-bond acceptors (Lipinski definition) is 5. The number of rotatable bonds is 8. The highest BCUT2D eigenvalue weighted by molar-refractivity contribution is 7.70. The number of hydrogen-bond donors (Lipinski definition) is 2. The van der Waals surface area contributed by atoms with Gasteiger partial charge in [0.05, 0.1) is 0 Å². The van der Waals surface area contributed by atoms with Gasteiger partial charge < -0.3 is 0 Å². The third-order valence-electron chi connectivity index (χ3n) is 5.96. The van der Waals surface area contributed by atoms with Gasteiger partial charge in [0.15, 0.2) is 5.13 Å². The van der Waals surface area contributed by atoms with Gasteiger partial charge in [-0.3, -0.25) is 9.88 Å². The van der Waals surface area contributed by atoms with E-state index >= 15 is 0 Å². The predicted molar refractivity (Wildman–Crippen MR) is 112 cm³/mol. The maximum Gasteiger partial charge on any atom is 0.201 e. The fourth-order valence-electron chi connectivity index (χ4n) is 3.97. The zero-order valence-corrected chi connectivity index (χ0v) is 18.3. The Labute approximate surface area is 172 Å². The molecule has 3 rings (SSSR count). The molecule has 28 heavy (non-hydrogen) atoms. The van der Waals surface area contributed by atoms with E-state index < -0.39 is 10.9 Å². The molecule has 3 heterocycles. The number of thiophene rings is 1. The molecule has 0 radical (unpaired) electrons. The fourth-order valence-corrected chi connectivity index (χ4v) is 5.16. The summed E-state index contributed by atoms with van der Waals surface area (Å²) in [6.07, 6.45) is 4.41.